The van der Waals surface area contributed by atoms with Crippen molar-refractivity contribution >= 4 is 33.4 Å². The van der Waals surface area contributed by atoms with E-state index >= 15 is 0 Å². The van der Waals surface area contributed by atoms with Gasteiger partial charge in [-0.25, -0.2) is 4.98 Å². The Hall–Kier alpha value is -1.40. The van der Waals surface area contributed by atoms with Crippen LogP contribution in [-0.2, 0) is 13.5 Å². The third kappa shape index (κ3) is 3.54. The van der Waals surface area contributed by atoms with Gasteiger partial charge in [0.25, 0.3) is 5.91 Å². The molecule has 0 spiro atoms. The maximum absolute atomic E-state index is 12.0. The van der Waals surface area contributed by atoms with Crippen LogP contribution in [0.15, 0.2) is 29.0 Å². The quantitative estimate of drug-likeness (QED) is 0.866. The van der Waals surface area contributed by atoms with Crippen molar-refractivity contribution in [2.45, 2.75) is 6.42 Å². The van der Waals surface area contributed by atoms with Crippen LogP contribution in [0, 0.1) is 0 Å². The number of aryl methyl sites for hydroxylation is 1. The van der Waals surface area contributed by atoms with Crippen LogP contribution in [0.5, 0.6) is 0 Å². The van der Waals surface area contributed by atoms with E-state index in [1.54, 1.807) is 23.1 Å². The summed E-state index contributed by atoms with van der Waals surface area (Å²) < 4.78 is 2.49. The molecule has 0 aliphatic rings. The number of nitrogens with one attached hydrogen (secondary N) is 1. The lowest BCUT2D eigenvalue weighted by Gasteiger charge is -2.07. The summed E-state index contributed by atoms with van der Waals surface area (Å²) in [6.07, 6.45) is 3.99. The second-order valence-corrected chi connectivity index (χ2v) is 5.22. The number of nitrogens with zero attached hydrogens (tertiary/aromatic N) is 3. The summed E-state index contributed by atoms with van der Waals surface area (Å²) in [5.74, 6) is -0.235. The lowest BCUT2D eigenvalue weighted by atomic mass is 10.2. The second kappa shape index (κ2) is 6.16. The van der Waals surface area contributed by atoms with Crippen molar-refractivity contribution in [2.75, 3.05) is 6.54 Å². The van der Waals surface area contributed by atoms with Crippen molar-refractivity contribution in [3.8, 4) is 0 Å². The molecule has 5 nitrogen and oxygen atoms in total. The zero-order valence-corrected chi connectivity index (χ0v) is 12.6. The molecular weight excluding hydrogens is 332 g/mol. The Balaban J connectivity index is 1.94. The zero-order chi connectivity index (χ0) is 13.8. The Morgan fingerprint density at radius 3 is 3.05 bits per heavy atom. The number of carbonyl (C=O) groups excluding carboxylic acids is 1. The number of carbonyl (C=O) groups is 1. The minimum absolute atomic E-state index is 0.196. The number of pyridine rings is 1. The van der Waals surface area contributed by atoms with E-state index in [1.165, 1.54) is 0 Å². The fourth-order valence-corrected chi connectivity index (χ4v) is 2.15. The highest BCUT2D eigenvalue weighted by Crippen LogP contribution is 2.17. The predicted molar refractivity (Wildman–Crippen MR) is 76.2 cm³/mol. The normalized spacial score (nSPS) is 10.5. The molecule has 0 radical (unpaired) electrons. The number of rotatable bonds is 4. The first-order valence-corrected chi connectivity index (χ1v) is 6.81. The Kier molecular flexibility index (Phi) is 4.55. The van der Waals surface area contributed by atoms with Gasteiger partial charge in [-0.15, -0.1) is 0 Å². The van der Waals surface area contributed by atoms with Gasteiger partial charge in [0.05, 0.1) is 5.56 Å². The standard InChI is InChI=1S/C12H12BrClN4O/c1-18-9(3-5-17-18)2-4-15-12(19)10-6-8(13)7-16-11(10)14/h3,5-7H,2,4H2,1H3,(H,15,19). The first kappa shape index (κ1) is 14.0. The number of halogens is 2. The highest BCUT2D eigenvalue weighted by Gasteiger charge is 2.11. The summed E-state index contributed by atoms with van der Waals surface area (Å²) >= 11 is 9.15. The van der Waals surface area contributed by atoms with Crippen molar-refractivity contribution in [3.63, 3.8) is 0 Å². The van der Waals surface area contributed by atoms with E-state index < -0.39 is 0 Å². The Morgan fingerprint density at radius 1 is 1.58 bits per heavy atom. The third-order valence-electron chi connectivity index (χ3n) is 2.64. The molecule has 1 amide bonds. The molecule has 0 aliphatic carbocycles. The molecule has 2 heterocycles. The van der Waals surface area contributed by atoms with Gasteiger partial charge in [-0.2, -0.15) is 5.10 Å². The topological polar surface area (TPSA) is 59.8 Å². The molecule has 0 bridgehead atoms. The van der Waals surface area contributed by atoms with Gasteiger partial charge < -0.3 is 5.32 Å². The van der Waals surface area contributed by atoms with E-state index in [4.69, 9.17) is 11.6 Å². The van der Waals surface area contributed by atoms with Gasteiger partial charge in [-0.1, -0.05) is 11.6 Å². The summed E-state index contributed by atoms with van der Waals surface area (Å²) in [6.45, 7) is 0.515. The van der Waals surface area contributed by atoms with Crippen LogP contribution in [0.3, 0.4) is 0 Å². The molecule has 2 aromatic rings. The monoisotopic (exact) mass is 342 g/mol. The predicted octanol–water partition coefficient (Wildman–Crippen LogP) is 2.20. The van der Waals surface area contributed by atoms with Crippen molar-refractivity contribution in [1.29, 1.82) is 0 Å². The minimum atomic E-state index is -0.235. The first-order valence-electron chi connectivity index (χ1n) is 5.64. The smallest absolute Gasteiger partial charge is 0.254 e. The molecule has 0 aromatic carbocycles. The highest BCUT2D eigenvalue weighted by molar-refractivity contribution is 9.10. The summed E-state index contributed by atoms with van der Waals surface area (Å²) in [6, 6.07) is 3.56. The highest BCUT2D eigenvalue weighted by atomic mass is 79.9. The Bertz CT molecular complexity index is 599. The van der Waals surface area contributed by atoms with Crippen LogP contribution in [-0.4, -0.2) is 27.2 Å². The summed E-state index contributed by atoms with van der Waals surface area (Å²) in [4.78, 5) is 15.9. The molecule has 0 saturated heterocycles. The fraction of sp³-hybridized carbons (Fsp3) is 0.250. The van der Waals surface area contributed by atoms with E-state index in [9.17, 15) is 4.79 Å². The van der Waals surface area contributed by atoms with Crippen LogP contribution in [0.1, 0.15) is 16.1 Å². The van der Waals surface area contributed by atoms with E-state index in [0.717, 1.165) is 5.69 Å². The summed E-state index contributed by atoms with van der Waals surface area (Å²) in [5.41, 5.74) is 1.42. The number of hydrogen-bond acceptors (Lipinski definition) is 3. The lowest BCUT2D eigenvalue weighted by molar-refractivity contribution is 0.0953. The molecule has 19 heavy (non-hydrogen) atoms. The van der Waals surface area contributed by atoms with Crippen LogP contribution < -0.4 is 5.32 Å². The van der Waals surface area contributed by atoms with E-state index in [-0.39, 0.29) is 11.1 Å². The first-order chi connectivity index (χ1) is 9.08. The van der Waals surface area contributed by atoms with Crippen molar-refractivity contribution in [3.05, 3.63) is 45.4 Å². The minimum Gasteiger partial charge on any atom is -0.352 e. The molecule has 2 rings (SSSR count). The maximum Gasteiger partial charge on any atom is 0.254 e. The van der Waals surface area contributed by atoms with Crippen LogP contribution in [0.25, 0.3) is 0 Å². The number of hydrogen-bond donors (Lipinski definition) is 1. The third-order valence-corrected chi connectivity index (χ3v) is 3.37. The Labute approximate surface area is 124 Å². The molecule has 7 heteroatoms. The van der Waals surface area contributed by atoms with E-state index in [2.05, 4.69) is 31.3 Å². The average molecular weight is 344 g/mol. The summed E-state index contributed by atoms with van der Waals surface area (Å²) in [7, 11) is 1.87. The second-order valence-electron chi connectivity index (χ2n) is 3.94. The molecule has 100 valence electrons. The molecular formula is C12H12BrClN4O. The largest absolute Gasteiger partial charge is 0.352 e. The zero-order valence-electron chi connectivity index (χ0n) is 10.2. The van der Waals surface area contributed by atoms with E-state index in [1.807, 2.05) is 13.1 Å². The fourth-order valence-electron chi connectivity index (χ4n) is 1.63. The summed E-state index contributed by atoms with van der Waals surface area (Å²) in [5, 5.41) is 7.07. The average Bonchev–Trinajstić information content (AvgIpc) is 2.78. The molecule has 0 aliphatic heterocycles. The molecule has 0 unspecified atom stereocenters. The molecule has 2 aromatic heterocycles. The lowest BCUT2D eigenvalue weighted by Crippen LogP contribution is -2.26. The van der Waals surface area contributed by atoms with Crippen molar-refractivity contribution in [1.82, 2.24) is 20.1 Å². The number of amides is 1. The molecule has 1 N–H and O–H groups in total. The molecule has 0 saturated carbocycles. The molecule has 0 fully saturated rings. The molecule has 0 atom stereocenters. The van der Waals surface area contributed by atoms with E-state index in [0.29, 0.717) is 23.0 Å². The van der Waals surface area contributed by atoms with Crippen LogP contribution in [0.2, 0.25) is 5.15 Å². The van der Waals surface area contributed by atoms with Gasteiger partial charge in [-0.05, 0) is 28.1 Å². The SMILES string of the molecule is Cn1nccc1CCNC(=O)c1cc(Br)cnc1Cl. The van der Waals surface area contributed by atoms with Gasteiger partial charge in [0.15, 0.2) is 0 Å². The van der Waals surface area contributed by atoms with Crippen molar-refractivity contribution < 1.29 is 4.79 Å². The Morgan fingerprint density at radius 2 is 2.37 bits per heavy atom. The van der Waals surface area contributed by atoms with Gasteiger partial charge in [0, 0.05) is 42.6 Å². The van der Waals surface area contributed by atoms with Gasteiger partial charge >= 0.3 is 0 Å². The van der Waals surface area contributed by atoms with Gasteiger partial charge in [0.2, 0.25) is 0 Å². The van der Waals surface area contributed by atoms with Crippen LogP contribution >= 0.6 is 27.5 Å². The van der Waals surface area contributed by atoms with Gasteiger partial charge in [-0.3, -0.25) is 9.48 Å². The van der Waals surface area contributed by atoms with Crippen molar-refractivity contribution in [2.24, 2.45) is 7.05 Å². The van der Waals surface area contributed by atoms with Gasteiger partial charge in [0.1, 0.15) is 5.15 Å². The maximum atomic E-state index is 12.0. The van der Waals surface area contributed by atoms with Crippen LogP contribution in [0.4, 0.5) is 0 Å². The number of aromatic nitrogens is 3.